The number of rotatable bonds is 5. The molecule has 7 nitrogen and oxygen atoms in total. The summed E-state index contributed by atoms with van der Waals surface area (Å²) in [5.41, 5.74) is 3.38. The van der Waals surface area contributed by atoms with Gasteiger partial charge in [0.15, 0.2) is 0 Å². The zero-order valence-corrected chi connectivity index (χ0v) is 18.2. The van der Waals surface area contributed by atoms with E-state index in [0.29, 0.717) is 39.2 Å². The molecular weight excluding hydrogens is 438 g/mol. The molecular formula is C22H20F2N4O3S. The van der Waals surface area contributed by atoms with Gasteiger partial charge in [-0.1, -0.05) is 0 Å². The third kappa shape index (κ3) is 4.19. The van der Waals surface area contributed by atoms with Crippen molar-refractivity contribution >= 4 is 22.3 Å². The quantitative estimate of drug-likeness (QED) is 0.575. The van der Waals surface area contributed by atoms with Crippen LogP contribution < -0.4 is 15.3 Å². The maximum Gasteiger partial charge on any atom is 0.252 e. The van der Waals surface area contributed by atoms with Crippen molar-refractivity contribution in [1.29, 1.82) is 0 Å². The smallest absolute Gasteiger partial charge is 0.252 e. The van der Waals surface area contributed by atoms with Crippen molar-refractivity contribution in [2.24, 2.45) is 12.1 Å². The van der Waals surface area contributed by atoms with E-state index in [1.54, 1.807) is 38.5 Å². The Morgan fingerprint density at radius 2 is 1.72 bits per heavy atom. The average molecular weight is 458 g/mol. The van der Waals surface area contributed by atoms with Gasteiger partial charge in [0, 0.05) is 49.6 Å². The first-order chi connectivity index (χ1) is 15.2. The van der Waals surface area contributed by atoms with E-state index < -0.39 is 22.5 Å². The Hall–Kier alpha value is -3.37. The Bertz CT molecular complexity index is 1360. The molecule has 0 unspecified atom stereocenters. The molecule has 1 aromatic heterocycles. The van der Waals surface area contributed by atoms with E-state index in [1.807, 2.05) is 0 Å². The summed E-state index contributed by atoms with van der Waals surface area (Å²) in [5.74, 6) is -0.925. The second-order valence-electron chi connectivity index (χ2n) is 7.41. The molecule has 0 saturated carbocycles. The van der Waals surface area contributed by atoms with Crippen LogP contribution in [0.25, 0.3) is 11.1 Å². The summed E-state index contributed by atoms with van der Waals surface area (Å²) < 4.78 is 53.8. The molecule has 166 valence electrons. The summed E-state index contributed by atoms with van der Waals surface area (Å²) in [4.78, 5) is 12.3. The topological polar surface area (TPSA) is 83.8 Å². The number of halogens is 2. The van der Waals surface area contributed by atoms with Crippen molar-refractivity contribution in [1.82, 2.24) is 9.29 Å². The largest absolute Gasteiger partial charge is 0.318 e. The molecule has 0 amide bonds. The Kier molecular flexibility index (Phi) is 5.90. The van der Waals surface area contributed by atoms with Gasteiger partial charge >= 0.3 is 0 Å². The minimum absolute atomic E-state index is 0.0490. The number of aryl methyl sites for hydroxylation is 1. The second-order valence-corrected chi connectivity index (χ2v) is 8.24. The predicted molar refractivity (Wildman–Crippen MR) is 120 cm³/mol. The molecule has 32 heavy (non-hydrogen) atoms. The highest BCUT2D eigenvalue weighted by Gasteiger charge is 2.25. The van der Waals surface area contributed by atoms with Crippen molar-refractivity contribution in [2.75, 3.05) is 18.6 Å². The molecule has 0 aliphatic carbocycles. The first-order valence-electron chi connectivity index (χ1n) is 9.74. The van der Waals surface area contributed by atoms with Crippen LogP contribution >= 0.6 is 0 Å². The number of hydrazone groups is 1. The van der Waals surface area contributed by atoms with E-state index in [4.69, 9.17) is 0 Å². The van der Waals surface area contributed by atoms with Gasteiger partial charge in [-0.2, -0.15) is 5.10 Å². The van der Waals surface area contributed by atoms with Gasteiger partial charge in [0.1, 0.15) is 11.6 Å². The number of fused-ring (bicyclic) bond motifs is 3. The van der Waals surface area contributed by atoms with Gasteiger partial charge < -0.3 is 4.57 Å². The van der Waals surface area contributed by atoms with Crippen LogP contribution in [-0.2, 0) is 24.4 Å². The second kappa shape index (κ2) is 8.64. The molecule has 0 atom stereocenters. The lowest BCUT2D eigenvalue weighted by Crippen LogP contribution is -2.19. The minimum atomic E-state index is -2.78. The van der Waals surface area contributed by atoms with Crippen LogP contribution in [0.4, 0.5) is 14.5 Å². The maximum atomic E-state index is 15.0. The van der Waals surface area contributed by atoms with Crippen molar-refractivity contribution in [3.05, 3.63) is 87.3 Å². The normalized spacial score (nSPS) is 12.9. The number of thiol groups is 1. The van der Waals surface area contributed by atoms with Gasteiger partial charge in [0.05, 0.1) is 11.4 Å². The van der Waals surface area contributed by atoms with Crippen LogP contribution in [0.3, 0.4) is 0 Å². The van der Waals surface area contributed by atoms with E-state index in [9.17, 15) is 17.6 Å². The summed E-state index contributed by atoms with van der Waals surface area (Å²) in [6.45, 7) is 0.0490. The van der Waals surface area contributed by atoms with E-state index in [1.165, 1.54) is 33.8 Å². The van der Waals surface area contributed by atoms with Gasteiger partial charge in [-0.05, 0) is 53.9 Å². The van der Waals surface area contributed by atoms with Crippen LogP contribution in [0.15, 0.2) is 58.6 Å². The number of aromatic nitrogens is 1. The van der Waals surface area contributed by atoms with Crippen molar-refractivity contribution in [2.45, 2.75) is 6.42 Å². The van der Waals surface area contributed by atoms with Crippen LogP contribution in [0.5, 0.6) is 0 Å². The van der Waals surface area contributed by atoms with Crippen LogP contribution in [0, 0.1) is 11.6 Å². The Labute approximate surface area is 184 Å². The van der Waals surface area contributed by atoms with Gasteiger partial charge in [0.2, 0.25) is 10.9 Å². The first-order valence-corrected chi connectivity index (χ1v) is 10.9. The van der Waals surface area contributed by atoms with Gasteiger partial charge in [0.25, 0.3) is 5.56 Å². The van der Waals surface area contributed by atoms with Crippen molar-refractivity contribution < 1.29 is 17.2 Å². The summed E-state index contributed by atoms with van der Waals surface area (Å²) in [5, 5.41) is 6.14. The standard InChI is InChI=1S/C22H20F2N4O3S/c1-27-12-18-16-9-14(7-8-25-32(30)31)19(24)10-17(16)22(13-3-5-15(23)6-4-13)26-28(2)20(18)11-21(27)29/h3-6,9-12,32H,7-8H2,1-2H3,(H,25,30,31). The molecule has 1 aliphatic rings. The van der Waals surface area contributed by atoms with Crippen molar-refractivity contribution in [3.8, 4) is 11.1 Å². The molecule has 0 fully saturated rings. The third-order valence-electron chi connectivity index (χ3n) is 5.29. The Balaban J connectivity index is 1.96. The number of nitrogens with zero attached hydrogens (tertiary/aromatic N) is 3. The number of anilines is 1. The Morgan fingerprint density at radius 1 is 1.00 bits per heavy atom. The average Bonchev–Trinajstić information content (AvgIpc) is 2.84. The minimum Gasteiger partial charge on any atom is -0.318 e. The van der Waals surface area contributed by atoms with Crippen LogP contribution in [-0.4, -0.2) is 32.3 Å². The molecule has 0 saturated heterocycles. The van der Waals surface area contributed by atoms with E-state index >= 15 is 4.39 Å². The number of hydrogen-bond donors (Lipinski definition) is 2. The lowest BCUT2D eigenvalue weighted by Gasteiger charge is -2.16. The van der Waals surface area contributed by atoms with Gasteiger partial charge in [-0.25, -0.2) is 21.9 Å². The van der Waals surface area contributed by atoms with Crippen LogP contribution in [0.2, 0.25) is 0 Å². The highest BCUT2D eigenvalue weighted by Crippen LogP contribution is 2.37. The van der Waals surface area contributed by atoms with Crippen molar-refractivity contribution in [3.63, 3.8) is 0 Å². The van der Waals surface area contributed by atoms with E-state index in [0.717, 1.165) is 0 Å². The Morgan fingerprint density at radius 3 is 2.41 bits per heavy atom. The maximum absolute atomic E-state index is 15.0. The summed E-state index contributed by atoms with van der Waals surface area (Å²) in [7, 11) is 0.516. The molecule has 1 N–H and O–H groups in total. The zero-order chi connectivity index (χ0) is 23.0. The molecule has 0 bridgehead atoms. The predicted octanol–water partition coefficient (Wildman–Crippen LogP) is 2.19. The number of pyridine rings is 1. The summed E-state index contributed by atoms with van der Waals surface area (Å²) in [6, 6.07) is 10.1. The SMILES string of the molecule is CN1N=C(c2ccc(F)cc2)c2cc(F)c(CCN[SH](=O)=O)cc2-c2cn(C)c(=O)cc21. The lowest BCUT2D eigenvalue weighted by molar-refractivity contribution is 0.593. The zero-order valence-electron chi connectivity index (χ0n) is 17.3. The monoisotopic (exact) mass is 458 g/mol. The fraction of sp³-hybridized carbons (Fsp3) is 0.182. The third-order valence-corrected chi connectivity index (χ3v) is 5.77. The molecule has 1 aliphatic heterocycles. The molecule has 2 heterocycles. The van der Waals surface area contributed by atoms with E-state index in [-0.39, 0.29) is 18.5 Å². The molecule has 4 rings (SSSR count). The first kappa shape index (κ1) is 21.8. The van der Waals surface area contributed by atoms with Gasteiger partial charge in [-0.3, -0.25) is 9.80 Å². The highest BCUT2D eigenvalue weighted by atomic mass is 32.2. The number of nitrogens with one attached hydrogen (secondary N) is 1. The highest BCUT2D eigenvalue weighted by molar-refractivity contribution is 7.70. The summed E-state index contributed by atoms with van der Waals surface area (Å²) >= 11 is 0. The van der Waals surface area contributed by atoms with E-state index in [2.05, 4.69) is 9.82 Å². The number of hydrogen-bond acceptors (Lipinski definition) is 5. The lowest BCUT2D eigenvalue weighted by atomic mass is 9.91. The molecule has 3 aromatic rings. The van der Waals surface area contributed by atoms with Gasteiger partial charge in [-0.15, -0.1) is 0 Å². The fourth-order valence-electron chi connectivity index (χ4n) is 3.68. The number of benzene rings is 2. The molecule has 2 aromatic carbocycles. The van der Waals surface area contributed by atoms with Crippen LogP contribution in [0.1, 0.15) is 16.7 Å². The summed E-state index contributed by atoms with van der Waals surface area (Å²) in [6.07, 6.45) is 1.80. The molecule has 0 radical (unpaired) electrons. The fourth-order valence-corrected chi connectivity index (χ4v) is 3.98. The molecule has 0 spiro atoms. The molecule has 10 heteroatoms.